The van der Waals surface area contributed by atoms with Crippen LogP contribution >= 0.6 is 0 Å². The predicted molar refractivity (Wildman–Crippen MR) is 88.3 cm³/mol. The predicted octanol–water partition coefficient (Wildman–Crippen LogP) is 3.77. The largest absolute Gasteiger partial charge is 0.352 e. The van der Waals surface area contributed by atoms with Crippen molar-refractivity contribution in [3.63, 3.8) is 0 Å². The van der Waals surface area contributed by atoms with E-state index < -0.39 is 0 Å². The van der Waals surface area contributed by atoms with Crippen LogP contribution in [-0.4, -0.2) is 24.5 Å². The number of rotatable bonds is 5. The second-order valence-corrected chi connectivity index (χ2v) is 7.18. The lowest BCUT2D eigenvalue weighted by Gasteiger charge is -2.24. The summed E-state index contributed by atoms with van der Waals surface area (Å²) in [6.07, 6.45) is 15.7. The molecule has 2 fully saturated rings. The van der Waals surface area contributed by atoms with Crippen molar-refractivity contribution in [2.24, 2.45) is 5.92 Å². The summed E-state index contributed by atoms with van der Waals surface area (Å²) in [5.41, 5.74) is 0. The molecule has 0 heterocycles. The monoisotopic (exact) mass is 294 g/mol. The van der Waals surface area contributed by atoms with Crippen LogP contribution < -0.4 is 10.6 Å². The second-order valence-electron chi connectivity index (χ2n) is 7.18. The molecule has 0 aromatic heterocycles. The van der Waals surface area contributed by atoms with E-state index in [-0.39, 0.29) is 5.91 Å². The molecule has 2 aliphatic carbocycles. The fraction of sp³-hybridized carbons (Fsp3) is 0.944. The smallest absolute Gasteiger partial charge is 0.234 e. The molecule has 122 valence electrons. The molecule has 2 aliphatic rings. The molecule has 2 N–H and O–H groups in total. The summed E-state index contributed by atoms with van der Waals surface area (Å²) >= 11 is 0. The van der Waals surface area contributed by atoms with Crippen LogP contribution in [0.4, 0.5) is 0 Å². The Hall–Kier alpha value is -0.570. The van der Waals surface area contributed by atoms with E-state index in [0.29, 0.717) is 18.6 Å². The number of nitrogens with one attached hydrogen (secondary N) is 2. The van der Waals surface area contributed by atoms with Gasteiger partial charge in [0, 0.05) is 12.1 Å². The molecule has 0 bridgehead atoms. The van der Waals surface area contributed by atoms with Crippen molar-refractivity contribution in [2.75, 3.05) is 6.54 Å². The van der Waals surface area contributed by atoms with Crippen molar-refractivity contribution in [1.29, 1.82) is 0 Å². The molecule has 2 rings (SSSR count). The van der Waals surface area contributed by atoms with E-state index in [0.717, 1.165) is 5.92 Å². The van der Waals surface area contributed by atoms with Gasteiger partial charge in [-0.3, -0.25) is 4.79 Å². The summed E-state index contributed by atoms with van der Waals surface area (Å²) in [7, 11) is 0. The Bertz CT molecular complexity index is 290. The van der Waals surface area contributed by atoms with Gasteiger partial charge in [0.15, 0.2) is 0 Å². The molecule has 0 aromatic carbocycles. The van der Waals surface area contributed by atoms with E-state index in [9.17, 15) is 4.79 Å². The number of carbonyl (C=O) groups is 1. The Balaban J connectivity index is 1.65. The van der Waals surface area contributed by atoms with Crippen LogP contribution in [0.15, 0.2) is 0 Å². The highest BCUT2D eigenvalue weighted by molar-refractivity contribution is 5.78. The molecular weight excluding hydrogens is 260 g/mol. The summed E-state index contributed by atoms with van der Waals surface area (Å²) < 4.78 is 0. The first-order chi connectivity index (χ1) is 10.3. The summed E-state index contributed by atoms with van der Waals surface area (Å²) in [6.45, 7) is 2.75. The minimum atomic E-state index is 0.197. The molecule has 0 saturated heterocycles. The standard InChI is InChI=1S/C18H34N2O/c1-15(16-10-6-2-3-7-11-16)19-14-18(21)20-17-12-8-4-5-9-13-17/h15-17,19H,2-14H2,1H3,(H,20,21)/t15-/m1/s1. The topological polar surface area (TPSA) is 41.1 Å². The Morgan fingerprint density at radius 3 is 2.00 bits per heavy atom. The van der Waals surface area contributed by atoms with Gasteiger partial charge in [0.1, 0.15) is 0 Å². The third-order valence-electron chi connectivity index (χ3n) is 5.41. The minimum absolute atomic E-state index is 0.197. The maximum atomic E-state index is 12.1. The van der Waals surface area contributed by atoms with Crippen LogP contribution in [0.2, 0.25) is 0 Å². The number of hydrogen-bond donors (Lipinski definition) is 2. The summed E-state index contributed by atoms with van der Waals surface area (Å²) in [5, 5.41) is 6.70. The van der Waals surface area contributed by atoms with E-state index in [1.165, 1.54) is 77.0 Å². The Labute approximate surface area is 130 Å². The zero-order valence-corrected chi connectivity index (χ0v) is 13.8. The molecule has 0 aromatic rings. The average Bonchev–Trinajstić information content (AvgIpc) is 2.89. The zero-order valence-electron chi connectivity index (χ0n) is 13.8. The van der Waals surface area contributed by atoms with E-state index in [4.69, 9.17) is 0 Å². The normalized spacial score (nSPS) is 24.0. The molecule has 0 radical (unpaired) electrons. The maximum absolute atomic E-state index is 12.1. The van der Waals surface area contributed by atoms with Gasteiger partial charge in [0.2, 0.25) is 5.91 Å². The average molecular weight is 294 g/mol. The fourth-order valence-electron chi connectivity index (χ4n) is 3.93. The quantitative estimate of drug-likeness (QED) is 0.758. The van der Waals surface area contributed by atoms with Gasteiger partial charge in [-0.25, -0.2) is 0 Å². The lowest BCUT2D eigenvalue weighted by molar-refractivity contribution is -0.121. The first-order valence-corrected chi connectivity index (χ1v) is 9.28. The highest BCUT2D eigenvalue weighted by atomic mass is 16.1. The molecule has 0 aliphatic heterocycles. The SMILES string of the molecule is C[C@@H](NCC(=O)NC1CCCCCC1)C1CCCCCC1. The molecule has 0 unspecified atom stereocenters. The van der Waals surface area contributed by atoms with Gasteiger partial charge < -0.3 is 10.6 Å². The van der Waals surface area contributed by atoms with Crippen molar-refractivity contribution >= 4 is 5.91 Å². The molecule has 3 heteroatoms. The summed E-state index contributed by atoms with van der Waals surface area (Å²) in [6, 6.07) is 0.901. The van der Waals surface area contributed by atoms with Crippen molar-refractivity contribution in [1.82, 2.24) is 10.6 Å². The van der Waals surface area contributed by atoms with Gasteiger partial charge in [-0.1, -0.05) is 51.4 Å². The molecule has 1 atom stereocenters. The van der Waals surface area contributed by atoms with Crippen LogP contribution in [0.3, 0.4) is 0 Å². The highest BCUT2D eigenvalue weighted by Gasteiger charge is 2.20. The third-order valence-corrected chi connectivity index (χ3v) is 5.41. The molecular formula is C18H34N2O. The lowest BCUT2D eigenvalue weighted by atomic mass is 9.93. The van der Waals surface area contributed by atoms with Gasteiger partial charge in [-0.05, 0) is 38.5 Å². The minimum Gasteiger partial charge on any atom is -0.352 e. The molecule has 1 amide bonds. The van der Waals surface area contributed by atoms with Crippen molar-refractivity contribution in [3.05, 3.63) is 0 Å². The van der Waals surface area contributed by atoms with Gasteiger partial charge in [-0.15, -0.1) is 0 Å². The van der Waals surface area contributed by atoms with E-state index in [1.807, 2.05) is 0 Å². The summed E-state index contributed by atoms with van der Waals surface area (Å²) in [4.78, 5) is 12.1. The number of carbonyl (C=O) groups excluding carboxylic acids is 1. The van der Waals surface area contributed by atoms with Gasteiger partial charge >= 0.3 is 0 Å². The van der Waals surface area contributed by atoms with E-state index in [1.54, 1.807) is 0 Å². The van der Waals surface area contributed by atoms with Crippen LogP contribution in [0.5, 0.6) is 0 Å². The Kier molecular flexibility index (Phi) is 7.56. The zero-order chi connectivity index (χ0) is 14.9. The number of amides is 1. The first kappa shape index (κ1) is 16.8. The van der Waals surface area contributed by atoms with Crippen LogP contribution in [0, 0.1) is 5.92 Å². The molecule has 21 heavy (non-hydrogen) atoms. The highest BCUT2D eigenvalue weighted by Crippen LogP contribution is 2.25. The first-order valence-electron chi connectivity index (χ1n) is 9.28. The fourth-order valence-corrected chi connectivity index (χ4v) is 3.93. The van der Waals surface area contributed by atoms with Gasteiger partial charge in [0.25, 0.3) is 0 Å². The van der Waals surface area contributed by atoms with Crippen molar-refractivity contribution < 1.29 is 4.79 Å². The van der Waals surface area contributed by atoms with Crippen molar-refractivity contribution in [2.45, 2.75) is 96.1 Å². The van der Waals surface area contributed by atoms with Crippen LogP contribution in [-0.2, 0) is 4.79 Å². The van der Waals surface area contributed by atoms with E-state index in [2.05, 4.69) is 17.6 Å². The molecule has 0 spiro atoms. The Morgan fingerprint density at radius 2 is 1.43 bits per heavy atom. The van der Waals surface area contributed by atoms with Gasteiger partial charge in [-0.2, -0.15) is 0 Å². The van der Waals surface area contributed by atoms with Gasteiger partial charge in [0.05, 0.1) is 6.54 Å². The summed E-state index contributed by atoms with van der Waals surface area (Å²) in [5.74, 6) is 0.959. The number of hydrogen-bond acceptors (Lipinski definition) is 2. The molecule has 3 nitrogen and oxygen atoms in total. The second kappa shape index (κ2) is 9.45. The van der Waals surface area contributed by atoms with Crippen LogP contribution in [0.25, 0.3) is 0 Å². The van der Waals surface area contributed by atoms with Crippen molar-refractivity contribution in [3.8, 4) is 0 Å². The Morgan fingerprint density at radius 1 is 0.905 bits per heavy atom. The third kappa shape index (κ3) is 6.37. The molecule has 2 saturated carbocycles. The van der Waals surface area contributed by atoms with Crippen LogP contribution in [0.1, 0.15) is 84.0 Å². The maximum Gasteiger partial charge on any atom is 0.234 e. The lowest BCUT2D eigenvalue weighted by Crippen LogP contribution is -2.44. The van der Waals surface area contributed by atoms with E-state index >= 15 is 0 Å².